The zero-order valence-corrected chi connectivity index (χ0v) is 28.6. The molecule has 262 valence electrons. The van der Waals surface area contributed by atoms with E-state index in [9.17, 15) is 24.4 Å². The van der Waals surface area contributed by atoms with Crippen LogP contribution in [0.25, 0.3) is 11.3 Å². The molecule has 12 nitrogen and oxygen atoms in total. The van der Waals surface area contributed by atoms with Crippen molar-refractivity contribution in [2.24, 2.45) is 11.8 Å². The number of aromatic nitrogens is 1. The minimum Gasteiger partial charge on any atom is -0.618 e. The maximum atomic E-state index is 13.6. The van der Waals surface area contributed by atoms with Crippen LogP contribution in [0.4, 0.5) is 9.59 Å². The van der Waals surface area contributed by atoms with Crippen LogP contribution in [0, 0.1) is 24.0 Å². The standard InChI is InChI=1S/C38H41N3O9/c1-24(2)32(39-37(44)47-22-27-15-8-6-9-16-27)35(42)49-29-19-12-20-30(31(29)34-26(5)14-13-21-41(34)46)50-36(43)33(25(3)4)40-38(45)48-23-28-17-10-7-11-18-28/h6-21,24-25,32-33H,22-23H2,1-5H3,(H,39,44)(H,40,45)/t32-,33-/m0/s1. The van der Waals surface area contributed by atoms with E-state index in [-0.39, 0.29) is 36.0 Å². The van der Waals surface area contributed by atoms with E-state index in [1.54, 1.807) is 71.0 Å². The second kappa shape index (κ2) is 17.5. The number of aryl methyl sites for hydroxylation is 1. The molecule has 4 aromatic rings. The van der Waals surface area contributed by atoms with Crippen LogP contribution in [0.1, 0.15) is 44.4 Å². The summed E-state index contributed by atoms with van der Waals surface area (Å²) in [4.78, 5) is 52.5. The van der Waals surface area contributed by atoms with Gasteiger partial charge in [0.2, 0.25) is 5.69 Å². The molecule has 2 atom stereocenters. The van der Waals surface area contributed by atoms with Crippen molar-refractivity contribution in [2.75, 3.05) is 0 Å². The lowest BCUT2D eigenvalue weighted by Gasteiger charge is -2.23. The van der Waals surface area contributed by atoms with Crippen LogP contribution in [0.15, 0.2) is 97.2 Å². The molecule has 0 aliphatic rings. The van der Waals surface area contributed by atoms with Crippen molar-refractivity contribution in [1.82, 2.24) is 10.6 Å². The van der Waals surface area contributed by atoms with Gasteiger partial charge in [-0.2, -0.15) is 4.73 Å². The van der Waals surface area contributed by atoms with Gasteiger partial charge in [-0.25, -0.2) is 19.2 Å². The first-order chi connectivity index (χ1) is 23.9. The zero-order chi connectivity index (χ0) is 36.2. The third kappa shape index (κ3) is 10.0. The van der Waals surface area contributed by atoms with E-state index in [1.165, 1.54) is 24.4 Å². The maximum Gasteiger partial charge on any atom is 0.408 e. The molecule has 0 aliphatic heterocycles. The van der Waals surface area contributed by atoms with Crippen LogP contribution in [0.2, 0.25) is 0 Å². The Kier molecular flexibility index (Phi) is 12.9. The van der Waals surface area contributed by atoms with Gasteiger partial charge in [-0.05, 0) is 48.1 Å². The van der Waals surface area contributed by atoms with E-state index < -0.39 is 48.0 Å². The summed E-state index contributed by atoms with van der Waals surface area (Å²) in [6.45, 7) is 8.56. The number of amides is 2. The number of alkyl carbamates (subject to hydrolysis) is 2. The maximum absolute atomic E-state index is 13.6. The van der Waals surface area contributed by atoms with Crippen molar-refractivity contribution in [1.29, 1.82) is 0 Å². The van der Waals surface area contributed by atoms with Gasteiger partial charge < -0.3 is 34.8 Å². The largest absolute Gasteiger partial charge is 0.618 e. The highest BCUT2D eigenvalue weighted by atomic mass is 16.6. The summed E-state index contributed by atoms with van der Waals surface area (Å²) in [5.74, 6) is -2.70. The van der Waals surface area contributed by atoms with Crippen molar-refractivity contribution in [2.45, 2.75) is 59.9 Å². The van der Waals surface area contributed by atoms with Gasteiger partial charge >= 0.3 is 24.1 Å². The molecule has 2 amide bonds. The second-order valence-corrected chi connectivity index (χ2v) is 12.2. The first-order valence-electron chi connectivity index (χ1n) is 16.1. The number of hydrogen-bond acceptors (Lipinski definition) is 9. The lowest BCUT2D eigenvalue weighted by molar-refractivity contribution is -0.594. The van der Waals surface area contributed by atoms with Crippen LogP contribution in [-0.2, 0) is 32.3 Å². The molecule has 0 spiro atoms. The Bertz CT molecular complexity index is 1660. The normalized spacial score (nSPS) is 12.1. The van der Waals surface area contributed by atoms with Crippen LogP contribution in [0.3, 0.4) is 0 Å². The molecule has 3 aromatic carbocycles. The number of carbonyl (C=O) groups excluding carboxylic acids is 4. The molecular weight excluding hydrogens is 642 g/mol. The number of nitrogens with zero attached hydrogens (tertiary/aromatic N) is 1. The Labute approximate surface area is 290 Å². The molecule has 0 bridgehead atoms. The van der Waals surface area contributed by atoms with Crippen molar-refractivity contribution in [3.8, 4) is 22.8 Å². The van der Waals surface area contributed by atoms with Crippen LogP contribution in [-0.4, -0.2) is 36.2 Å². The van der Waals surface area contributed by atoms with Gasteiger partial charge in [0.05, 0.1) is 0 Å². The average molecular weight is 684 g/mol. The number of rotatable bonds is 13. The Morgan fingerprint density at radius 2 is 1.08 bits per heavy atom. The summed E-state index contributed by atoms with van der Waals surface area (Å²) in [7, 11) is 0. The lowest BCUT2D eigenvalue weighted by atomic mass is 10.0. The second-order valence-electron chi connectivity index (χ2n) is 12.2. The molecule has 4 rings (SSSR count). The van der Waals surface area contributed by atoms with Crippen molar-refractivity contribution < 1.29 is 42.9 Å². The minimum absolute atomic E-state index is 0.00213. The highest BCUT2D eigenvalue weighted by molar-refractivity contribution is 5.88. The van der Waals surface area contributed by atoms with Gasteiger partial charge in [-0.15, -0.1) is 0 Å². The van der Waals surface area contributed by atoms with Crippen LogP contribution in [0.5, 0.6) is 11.5 Å². The minimum atomic E-state index is -1.13. The fourth-order valence-electron chi connectivity index (χ4n) is 4.94. The summed E-state index contributed by atoms with van der Waals surface area (Å²) in [6, 6.07) is 23.5. The predicted molar refractivity (Wildman–Crippen MR) is 184 cm³/mol. The van der Waals surface area contributed by atoms with Gasteiger partial charge in [0.1, 0.15) is 42.4 Å². The molecule has 12 heteroatoms. The average Bonchev–Trinajstić information content (AvgIpc) is 3.09. The third-order valence-electron chi connectivity index (χ3n) is 7.62. The van der Waals surface area contributed by atoms with Crippen LogP contribution >= 0.6 is 0 Å². The Morgan fingerprint density at radius 1 is 0.640 bits per heavy atom. The highest BCUT2D eigenvalue weighted by Crippen LogP contribution is 2.39. The fraction of sp³-hybridized carbons (Fsp3) is 0.289. The van der Waals surface area contributed by atoms with Gasteiger partial charge in [0.15, 0.2) is 6.20 Å². The van der Waals surface area contributed by atoms with E-state index in [2.05, 4.69) is 10.6 Å². The van der Waals surface area contributed by atoms with E-state index >= 15 is 0 Å². The SMILES string of the molecule is Cc1ccc[n+]([O-])c1-c1c(OC(=O)[C@@H](NC(=O)OCc2ccccc2)C(C)C)cccc1OC(=O)[C@@H](NC(=O)OCc1ccccc1)C(C)C. The van der Waals surface area contributed by atoms with Crippen LogP contribution < -0.4 is 24.8 Å². The number of esters is 2. The zero-order valence-electron chi connectivity index (χ0n) is 28.6. The molecule has 0 aliphatic carbocycles. The smallest absolute Gasteiger partial charge is 0.408 e. The molecule has 0 saturated heterocycles. The van der Waals surface area contributed by atoms with Crippen molar-refractivity contribution in [3.05, 3.63) is 119 Å². The first kappa shape index (κ1) is 36.9. The number of pyridine rings is 1. The summed E-state index contributed by atoms with van der Waals surface area (Å²) >= 11 is 0. The summed E-state index contributed by atoms with van der Waals surface area (Å²) < 4.78 is 22.8. The molecule has 1 aromatic heterocycles. The monoisotopic (exact) mass is 683 g/mol. The summed E-state index contributed by atoms with van der Waals surface area (Å²) in [6.07, 6.45) is -0.383. The van der Waals surface area contributed by atoms with Gasteiger partial charge in [-0.3, -0.25) is 0 Å². The van der Waals surface area contributed by atoms with Crippen molar-refractivity contribution >= 4 is 24.1 Å². The molecule has 0 fully saturated rings. The Balaban J connectivity index is 1.57. The number of carbonyl (C=O) groups is 4. The highest BCUT2D eigenvalue weighted by Gasteiger charge is 2.33. The first-order valence-corrected chi connectivity index (χ1v) is 16.1. The van der Waals surface area contributed by atoms with Gasteiger partial charge in [-0.1, -0.05) is 94.4 Å². The van der Waals surface area contributed by atoms with E-state index in [0.717, 1.165) is 11.1 Å². The van der Waals surface area contributed by atoms with E-state index in [4.69, 9.17) is 18.9 Å². The predicted octanol–water partition coefficient (Wildman–Crippen LogP) is 6.01. The molecule has 50 heavy (non-hydrogen) atoms. The van der Waals surface area contributed by atoms with E-state index in [1.807, 2.05) is 36.4 Å². The summed E-state index contributed by atoms with van der Waals surface area (Å²) in [5.41, 5.74) is 2.11. The Hall–Kier alpha value is -5.91. The van der Waals surface area contributed by atoms with Gasteiger partial charge in [0.25, 0.3) is 0 Å². The lowest BCUT2D eigenvalue weighted by Crippen LogP contribution is -2.47. The molecule has 0 saturated carbocycles. The van der Waals surface area contributed by atoms with E-state index in [0.29, 0.717) is 10.3 Å². The Morgan fingerprint density at radius 3 is 1.48 bits per heavy atom. The molecular formula is C38H41N3O9. The number of hydrogen-bond donors (Lipinski definition) is 2. The quantitative estimate of drug-likeness (QED) is 0.0746. The molecule has 0 radical (unpaired) electrons. The van der Waals surface area contributed by atoms with Crippen molar-refractivity contribution in [3.63, 3.8) is 0 Å². The third-order valence-corrected chi connectivity index (χ3v) is 7.62. The van der Waals surface area contributed by atoms with Gasteiger partial charge in [0, 0.05) is 11.6 Å². The molecule has 0 unspecified atom stereocenters. The number of nitrogens with one attached hydrogen (secondary N) is 2. The topological polar surface area (TPSA) is 156 Å². The fourth-order valence-corrected chi connectivity index (χ4v) is 4.94. The number of benzene rings is 3. The molecule has 1 heterocycles. The summed E-state index contributed by atoms with van der Waals surface area (Å²) in [5, 5.41) is 18.3. The molecule has 2 N–H and O–H groups in total. The number of ether oxygens (including phenoxy) is 4.